The number of rotatable bonds is 4. The third-order valence-electron chi connectivity index (χ3n) is 6.04. The second-order valence-electron chi connectivity index (χ2n) is 7.02. The topological polar surface area (TPSA) is 47.9 Å². The molecule has 3 rings (SSSR count). The molecule has 2 aliphatic rings. The molecule has 0 amide bonds. The van der Waals surface area contributed by atoms with Crippen LogP contribution < -0.4 is 0 Å². The molecule has 2 aliphatic carbocycles. The van der Waals surface area contributed by atoms with Crippen LogP contribution in [0.3, 0.4) is 0 Å². The lowest BCUT2D eigenvalue weighted by molar-refractivity contribution is -0.152. The molecule has 6 heteroatoms. The molecule has 0 radical (unpaired) electrons. The highest BCUT2D eigenvalue weighted by molar-refractivity contribution is 9.10. The molecule has 0 heterocycles. The van der Waals surface area contributed by atoms with E-state index in [0.717, 1.165) is 42.1 Å². The number of halogens is 1. The van der Waals surface area contributed by atoms with Crippen molar-refractivity contribution in [3.63, 3.8) is 0 Å². The summed E-state index contributed by atoms with van der Waals surface area (Å²) >= 11 is 8.09. The van der Waals surface area contributed by atoms with Gasteiger partial charge in [0.05, 0.1) is 12.0 Å². The first-order valence-electron chi connectivity index (χ1n) is 8.64. The highest BCUT2D eigenvalue weighted by Crippen LogP contribution is 2.59. The van der Waals surface area contributed by atoms with Crippen LogP contribution in [-0.2, 0) is 20.8 Å². The van der Waals surface area contributed by atoms with Crippen molar-refractivity contribution in [2.75, 3.05) is 7.11 Å². The normalized spacial score (nSPS) is 30.6. The Morgan fingerprint density at radius 1 is 1.52 bits per heavy atom. The van der Waals surface area contributed by atoms with E-state index >= 15 is 0 Å². The summed E-state index contributed by atoms with van der Waals surface area (Å²) in [4.78, 5) is 18.0. The highest BCUT2D eigenvalue weighted by atomic mass is 79.9. The van der Waals surface area contributed by atoms with Crippen LogP contribution in [-0.4, -0.2) is 24.3 Å². The zero-order valence-corrected chi connectivity index (χ0v) is 16.9. The maximum Gasteiger partial charge on any atom is 0.343 e. The van der Waals surface area contributed by atoms with Crippen molar-refractivity contribution in [3.05, 3.63) is 33.8 Å². The number of fused-ring (bicyclic) bond motifs is 1. The predicted octanol–water partition coefficient (Wildman–Crippen LogP) is 4.86. The van der Waals surface area contributed by atoms with Crippen molar-refractivity contribution < 1.29 is 14.4 Å². The molecular weight excluding hydrogens is 402 g/mol. The Balaban J connectivity index is 2.05. The zero-order valence-electron chi connectivity index (χ0n) is 14.5. The van der Waals surface area contributed by atoms with Gasteiger partial charge in [-0.1, -0.05) is 35.3 Å². The largest absolute Gasteiger partial charge is 0.381 e. The molecule has 25 heavy (non-hydrogen) atoms. The number of isothiocyanates is 1. The molecule has 134 valence electrons. The summed E-state index contributed by atoms with van der Waals surface area (Å²) in [5, 5.41) is 5.58. The minimum atomic E-state index is -0.330. The van der Waals surface area contributed by atoms with Crippen LogP contribution in [0, 0.1) is 11.3 Å². The molecule has 2 unspecified atom stereocenters. The summed E-state index contributed by atoms with van der Waals surface area (Å²) in [6.45, 7) is 2.20. The van der Waals surface area contributed by atoms with Crippen LogP contribution >= 0.6 is 28.1 Å². The number of methoxy groups -OCH3 is 1. The van der Waals surface area contributed by atoms with Gasteiger partial charge < -0.3 is 9.57 Å². The van der Waals surface area contributed by atoms with E-state index in [4.69, 9.17) is 9.57 Å². The summed E-state index contributed by atoms with van der Waals surface area (Å²) in [5.41, 5.74) is 2.14. The monoisotopic (exact) mass is 423 g/mol. The highest BCUT2D eigenvalue weighted by Gasteiger charge is 2.56. The van der Waals surface area contributed by atoms with Gasteiger partial charge in [0, 0.05) is 11.6 Å². The van der Waals surface area contributed by atoms with Crippen molar-refractivity contribution in [1.82, 2.24) is 0 Å². The van der Waals surface area contributed by atoms with E-state index in [1.165, 1.54) is 5.56 Å². The van der Waals surface area contributed by atoms with Gasteiger partial charge in [0.2, 0.25) is 0 Å². The molecule has 4 atom stereocenters. The second-order valence-corrected chi connectivity index (χ2v) is 8.11. The molecule has 1 fully saturated rings. The smallest absolute Gasteiger partial charge is 0.343 e. The molecule has 0 N–H and O–H groups in total. The summed E-state index contributed by atoms with van der Waals surface area (Å²) < 4.78 is 6.59. The van der Waals surface area contributed by atoms with Crippen molar-refractivity contribution in [3.8, 4) is 0 Å². The first kappa shape index (κ1) is 18.7. The Kier molecular flexibility index (Phi) is 5.74. The fourth-order valence-electron chi connectivity index (χ4n) is 4.94. The van der Waals surface area contributed by atoms with Gasteiger partial charge in [-0.2, -0.15) is 0 Å². The number of carbonyl (C=O) groups is 1. The van der Waals surface area contributed by atoms with Crippen LogP contribution in [0.25, 0.3) is 0 Å². The number of benzene rings is 1. The predicted molar refractivity (Wildman–Crippen MR) is 103 cm³/mol. The fraction of sp³-hybridized carbons (Fsp3) is 0.579. The lowest BCUT2D eigenvalue weighted by Crippen LogP contribution is -2.44. The number of carbonyl (C=O) groups excluding carboxylic acids is 1. The number of thiocarbonyl (C=S) groups is 1. The zero-order chi connectivity index (χ0) is 18.0. The molecule has 0 aliphatic heterocycles. The number of ether oxygens (including phenoxy) is 1. The molecule has 0 aromatic heterocycles. The number of hydrogen-bond donors (Lipinski definition) is 0. The van der Waals surface area contributed by atoms with Crippen LogP contribution in [0.4, 0.5) is 0 Å². The average Bonchev–Trinajstić information content (AvgIpc) is 2.93. The maximum absolute atomic E-state index is 12.9. The number of hydrogen-bond acceptors (Lipinski definition) is 5. The van der Waals surface area contributed by atoms with Gasteiger partial charge in [0.15, 0.2) is 0 Å². The van der Waals surface area contributed by atoms with Gasteiger partial charge in [-0.3, -0.25) is 0 Å². The van der Waals surface area contributed by atoms with Crippen LogP contribution in [0.1, 0.15) is 49.7 Å². The minimum absolute atomic E-state index is 0.138. The molecule has 0 bridgehead atoms. The van der Waals surface area contributed by atoms with Crippen molar-refractivity contribution in [1.29, 1.82) is 0 Å². The summed E-state index contributed by atoms with van der Waals surface area (Å²) in [6.07, 6.45) is 5.05. The van der Waals surface area contributed by atoms with E-state index in [1.54, 1.807) is 7.11 Å². The lowest BCUT2D eigenvalue weighted by atomic mass is 9.58. The molecule has 4 nitrogen and oxygen atoms in total. The van der Waals surface area contributed by atoms with Crippen LogP contribution in [0.15, 0.2) is 27.8 Å². The summed E-state index contributed by atoms with van der Waals surface area (Å²) in [5.74, 6) is -0.259. The van der Waals surface area contributed by atoms with Gasteiger partial charge in [-0.25, -0.2) is 4.79 Å². The minimum Gasteiger partial charge on any atom is -0.381 e. The molecular formula is C19H22BrNO3S. The third kappa shape index (κ3) is 3.33. The Morgan fingerprint density at radius 3 is 3.00 bits per heavy atom. The Morgan fingerprint density at radius 2 is 2.32 bits per heavy atom. The summed E-state index contributed by atoms with van der Waals surface area (Å²) in [7, 11) is 1.77. The molecule has 1 aromatic carbocycles. The SMILES string of the molecule is CCC1C[C@@H](OC)CC[C@]12Cc1ccc(Br)cc1C2C(=O)ON=C=S. The number of nitrogens with zero attached hydrogens (tertiary/aromatic N) is 1. The van der Waals surface area contributed by atoms with E-state index in [9.17, 15) is 4.79 Å². The Labute approximate surface area is 162 Å². The van der Waals surface area contributed by atoms with Crippen molar-refractivity contribution in [2.24, 2.45) is 16.5 Å². The molecule has 1 spiro atoms. The van der Waals surface area contributed by atoms with Gasteiger partial charge in [-0.05, 0) is 77.6 Å². The molecule has 1 aromatic rings. The van der Waals surface area contributed by atoms with Crippen LogP contribution in [0.2, 0.25) is 0 Å². The van der Waals surface area contributed by atoms with Gasteiger partial charge in [0.1, 0.15) is 5.16 Å². The average molecular weight is 424 g/mol. The van der Waals surface area contributed by atoms with Crippen LogP contribution in [0.5, 0.6) is 0 Å². The van der Waals surface area contributed by atoms with Crippen molar-refractivity contribution in [2.45, 2.75) is 51.0 Å². The van der Waals surface area contributed by atoms with E-state index in [0.29, 0.717) is 5.92 Å². The van der Waals surface area contributed by atoms with Crippen molar-refractivity contribution >= 4 is 39.3 Å². The van der Waals surface area contributed by atoms with E-state index in [-0.39, 0.29) is 23.4 Å². The first-order chi connectivity index (χ1) is 12.1. The third-order valence-corrected chi connectivity index (χ3v) is 6.61. The molecule has 0 saturated heterocycles. The lowest BCUT2D eigenvalue weighted by Gasteiger charge is -2.46. The summed E-state index contributed by atoms with van der Waals surface area (Å²) in [6, 6.07) is 6.20. The van der Waals surface area contributed by atoms with E-state index in [2.05, 4.69) is 51.5 Å². The maximum atomic E-state index is 12.9. The van der Waals surface area contributed by atoms with E-state index in [1.807, 2.05) is 12.1 Å². The van der Waals surface area contributed by atoms with Gasteiger partial charge in [-0.15, -0.1) is 0 Å². The van der Waals surface area contributed by atoms with E-state index < -0.39 is 0 Å². The Bertz CT molecular complexity index is 719. The van der Waals surface area contributed by atoms with Gasteiger partial charge in [0.25, 0.3) is 0 Å². The molecule has 1 saturated carbocycles. The first-order valence-corrected chi connectivity index (χ1v) is 9.85. The van der Waals surface area contributed by atoms with Gasteiger partial charge >= 0.3 is 5.97 Å². The standard InChI is InChI=1S/C19H22BrNO3S/c1-3-13-8-15(23-2)6-7-19(13)10-12-4-5-14(20)9-16(12)17(19)18(22)24-21-11-25/h4-5,9,13,15,17H,3,6-8,10H2,1-2H3/t13?,15-,17?,19-/m0/s1. The Hall–Kier alpha value is -1.07. The quantitative estimate of drug-likeness (QED) is 0.300. The second kappa shape index (κ2) is 7.67. The fourth-order valence-corrected chi connectivity index (χ4v) is 5.36.